The molecule has 3 aromatic rings. The summed E-state index contributed by atoms with van der Waals surface area (Å²) in [5.74, 6) is 1.21. The summed E-state index contributed by atoms with van der Waals surface area (Å²) >= 11 is 12.3. The van der Waals surface area contributed by atoms with Crippen molar-refractivity contribution in [2.45, 2.75) is 12.8 Å². The fourth-order valence-electron chi connectivity index (χ4n) is 4.76. The van der Waals surface area contributed by atoms with Gasteiger partial charge in [0.1, 0.15) is 0 Å². The molecule has 3 heterocycles. The third-order valence-electron chi connectivity index (χ3n) is 6.74. The van der Waals surface area contributed by atoms with Crippen molar-refractivity contribution < 1.29 is 4.79 Å². The van der Waals surface area contributed by atoms with Gasteiger partial charge in [0, 0.05) is 55.8 Å². The number of carbonyl (C=O) groups is 1. The van der Waals surface area contributed by atoms with Gasteiger partial charge < -0.3 is 14.7 Å². The highest BCUT2D eigenvalue weighted by Crippen LogP contribution is 2.28. The molecule has 0 aliphatic carbocycles. The van der Waals surface area contributed by atoms with Gasteiger partial charge in [-0.2, -0.15) is 0 Å². The summed E-state index contributed by atoms with van der Waals surface area (Å²) in [6.45, 7) is 4.72. The molecule has 1 aromatic heterocycles. The first-order valence-corrected chi connectivity index (χ1v) is 12.5. The van der Waals surface area contributed by atoms with Crippen LogP contribution in [0.4, 0.5) is 11.5 Å². The van der Waals surface area contributed by atoms with Gasteiger partial charge in [0.05, 0.1) is 16.4 Å². The maximum absolute atomic E-state index is 13.2. The van der Waals surface area contributed by atoms with E-state index < -0.39 is 0 Å². The molecule has 2 aliphatic heterocycles. The van der Waals surface area contributed by atoms with Crippen LogP contribution in [-0.4, -0.2) is 60.3 Å². The number of amides is 1. The highest BCUT2D eigenvalue weighted by Gasteiger charge is 2.31. The van der Waals surface area contributed by atoms with Gasteiger partial charge in [-0.3, -0.25) is 4.79 Å². The van der Waals surface area contributed by atoms with Gasteiger partial charge in [0.2, 0.25) is 5.91 Å². The molecule has 8 heteroatoms. The molecule has 5 rings (SSSR count). The Bertz CT molecular complexity index is 1120. The van der Waals surface area contributed by atoms with Crippen molar-refractivity contribution in [1.82, 2.24) is 15.1 Å². The van der Waals surface area contributed by atoms with Crippen LogP contribution in [0.25, 0.3) is 11.3 Å². The number of anilines is 2. The smallest absolute Gasteiger partial charge is 0.225 e. The number of carbonyl (C=O) groups excluding carboxylic acids is 1. The Morgan fingerprint density at radius 3 is 2.12 bits per heavy atom. The normalized spacial score (nSPS) is 17.2. The zero-order chi connectivity index (χ0) is 23.5. The lowest BCUT2D eigenvalue weighted by atomic mass is 9.95. The number of para-hydroxylation sites is 1. The van der Waals surface area contributed by atoms with E-state index in [0.29, 0.717) is 5.02 Å². The summed E-state index contributed by atoms with van der Waals surface area (Å²) < 4.78 is 0. The lowest BCUT2D eigenvalue weighted by molar-refractivity contribution is -0.136. The summed E-state index contributed by atoms with van der Waals surface area (Å²) in [4.78, 5) is 19.7. The van der Waals surface area contributed by atoms with Crippen LogP contribution >= 0.6 is 23.2 Å². The monoisotopic (exact) mass is 495 g/mol. The van der Waals surface area contributed by atoms with Gasteiger partial charge in [-0.25, -0.2) is 0 Å². The molecule has 0 unspecified atom stereocenters. The van der Waals surface area contributed by atoms with E-state index in [9.17, 15) is 4.79 Å². The van der Waals surface area contributed by atoms with Crippen LogP contribution in [0.1, 0.15) is 12.8 Å². The fraction of sp³-hybridized carbons (Fsp3) is 0.346. The van der Waals surface area contributed by atoms with Crippen molar-refractivity contribution in [1.29, 1.82) is 0 Å². The highest BCUT2D eigenvalue weighted by atomic mass is 35.5. The third-order valence-corrected chi connectivity index (χ3v) is 7.31. The van der Waals surface area contributed by atoms with Crippen LogP contribution < -0.4 is 9.80 Å². The second kappa shape index (κ2) is 10.2. The number of halogens is 2. The average molecular weight is 496 g/mol. The zero-order valence-electron chi connectivity index (χ0n) is 18.9. The van der Waals surface area contributed by atoms with Gasteiger partial charge >= 0.3 is 0 Å². The second-order valence-corrected chi connectivity index (χ2v) is 9.65. The number of piperidine rings is 1. The van der Waals surface area contributed by atoms with Crippen LogP contribution in [0.2, 0.25) is 10.0 Å². The van der Waals surface area contributed by atoms with Gasteiger partial charge in [-0.05, 0) is 49.2 Å². The van der Waals surface area contributed by atoms with Crippen LogP contribution in [0.3, 0.4) is 0 Å². The maximum atomic E-state index is 13.2. The maximum Gasteiger partial charge on any atom is 0.225 e. The molecule has 176 valence electrons. The van der Waals surface area contributed by atoms with E-state index in [-0.39, 0.29) is 11.8 Å². The van der Waals surface area contributed by atoms with Crippen LogP contribution in [0, 0.1) is 5.92 Å². The SMILES string of the molecule is O=C(C1CCN(c2ccc(-c3ccc(Cl)cc3)nn2)CC1)N1CCN(c2ccccc2Cl)CC1. The van der Waals surface area contributed by atoms with Crippen molar-refractivity contribution >= 4 is 40.6 Å². The van der Waals surface area contributed by atoms with Crippen molar-refractivity contribution in [3.8, 4) is 11.3 Å². The van der Waals surface area contributed by atoms with E-state index in [1.807, 2.05) is 65.6 Å². The number of benzene rings is 2. The first kappa shape index (κ1) is 22.9. The molecular formula is C26H27Cl2N5O. The number of aromatic nitrogens is 2. The zero-order valence-corrected chi connectivity index (χ0v) is 20.4. The molecule has 2 saturated heterocycles. The van der Waals surface area contributed by atoms with E-state index in [1.54, 1.807) is 0 Å². The second-order valence-electron chi connectivity index (χ2n) is 8.81. The molecule has 0 saturated carbocycles. The largest absolute Gasteiger partial charge is 0.367 e. The molecule has 0 atom stereocenters. The third kappa shape index (κ3) is 4.98. The first-order chi connectivity index (χ1) is 16.6. The van der Waals surface area contributed by atoms with Crippen LogP contribution in [0.15, 0.2) is 60.7 Å². The quantitative estimate of drug-likeness (QED) is 0.508. The summed E-state index contributed by atoms with van der Waals surface area (Å²) in [6, 6.07) is 19.5. The number of hydrogen-bond acceptors (Lipinski definition) is 5. The first-order valence-electron chi connectivity index (χ1n) is 11.7. The van der Waals surface area contributed by atoms with Gasteiger partial charge in [0.25, 0.3) is 0 Å². The molecule has 34 heavy (non-hydrogen) atoms. The van der Waals surface area contributed by atoms with Gasteiger partial charge in [0.15, 0.2) is 5.82 Å². The number of piperazine rings is 1. The Morgan fingerprint density at radius 1 is 0.765 bits per heavy atom. The molecule has 2 fully saturated rings. The van der Waals surface area contributed by atoms with Crippen molar-refractivity contribution in [2.24, 2.45) is 5.92 Å². The van der Waals surface area contributed by atoms with Crippen molar-refractivity contribution in [3.05, 3.63) is 70.7 Å². The van der Waals surface area contributed by atoms with Crippen molar-refractivity contribution in [3.63, 3.8) is 0 Å². The molecular weight excluding hydrogens is 469 g/mol. The Kier molecular flexibility index (Phi) is 6.88. The predicted molar refractivity (Wildman–Crippen MR) is 138 cm³/mol. The summed E-state index contributed by atoms with van der Waals surface area (Å²) in [5.41, 5.74) is 2.86. The molecule has 2 aliphatic rings. The lowest BCUT2D eigenvalue weighted by Gasteiger charge is -2.39. The standard InChI is InChI=1S/C26H27Cl2N5O/c27-21-7-5-19(6-8-21)23-9-10-25(30-29-23)32-13-11-20(12-14-32)26(34)33-17-15-31(16-18-33)24-4-2-1-3-22(24)28/h1-10,20H,11-18H2. The summed E-state index contributed by atoms with van der Waals surface area (Å²) in [7, 11) is 0. The van der Waals surface area contributed by atoms with E-state index >= 15 is 0 Å². The van der Waals surface area contributed by atoms with E-state index in [2.05, 4.69) is 20.0 Å². The summed E-state index contributed by atoms with van der Waals surface area (Å²) in [5, 5.41) is 10.3. The minimum atomic E-state index is 0.0735. The van der Waals surface area contributed by atoms with E-state index in [4.69, 9.17) is 23.2 Å². The molecule has 0 bridgehead atoms. The predicted octanol–water partition coefficient (Wildman–Crippen LogP) is 5.02. The van der Waals surface area contributed by atoms with Crippen molar-refractivity contribution in [2.75, 3.05) is 49.1 Å². The van der Waals surface area contributed by atoms with E-state index in [0.717, 1.165) is 79.9 Å². The molecule has 0 radical (unpaired) electrons. The number of hydrogen-bond donors (Lipinski definition) is 0. The minimum Gasteiger partial charge on any atom is -0.367 e. The van der Waals surface area contributed by atoms with Gasteiger partial charge in [-0.15, -0.1) is 10.2 Å². The Hall–Kier alpha value is -2.83. The Balaban J connectivity index is 1.13. The Morgan fingerprint density at radius 2 is 1.47 bits per heavy atom. The van der Waals surface area contributed by atoms with Crippen LogP contribution in [-0.2, 0) is 4.79 Å². The molecule has 1 amide bonds. The molecule has 0 spiro atoms. The number of rotatable bonds is 4. The molecule has 2 aromatic carbocycles. The van der Waals surface area contributed by atoms with Crippen LogP contribution in [0.5, 0.6) is 0 Å². The minimum absolute atomic E-state index is 0.0735. The fourth-order valence-corrected chi connectivity index (χ4v) is 5.14. The average Bonchev–Trinajstić information content (AvgIpc) is 2.89. The Labute approximate surface area is 210 Å². The van der Waals surface area contributed by atoms with E-state index in [1.165, 1.54) is 0 Å². The molecule has 6 nitrogen and oxygen atoms in total. The highest BCUT2D eigenvalue weighted by molar-refractivity contribution is 6.33. The lowest BCUT2D eigenvalue weighted by Crippen LogP contribution is -2.51. The number of nitrogens with zero attached hydrogens (tertiary/aromatic N) is 5. The van der Waals surface area contributed by atoms with Gasteiger partial charge in [-0.1, -0.05) is 47.5 Å². The topological polar surface area (TPSA) is 52.6 Å². The molecule has 0 N–H and O–H groups in total. The summed E-state index contributed by atoms with van der Waals surface area (Å²) in [6.07, 6.45) is 1.67.